The van der Waals surface area contributed by atoms with Gasteiger partial charge < -0.3 is 4.31 Å². The quantitative estimate of drug-likeness (QED) is 0.617. The fourth-order valence-corrected chi connectivity index (χ4v) is 2.37. The summed E-state index contributed by atoms with van der Waals surface area (Å²) in [5.41, 5.74) is 1.24. The van der Waals surface area contributed by atoms with Crippen LogP contribution in [0.5, 0.6) is 0 Å². The molecule has 0 amide bonds. The first-order valence-electron chi connectivity index (χ1n) is 4.27. The van der Waals surface area contributed by atoms with Crippen molar-refractivity contribution < 1.29 is 0 Å². The summed E-state index contributed by atoms with van der Waals surface area (Å²) in [6, 6.07) is 4.11. The van der Waals surface area contributed by atoms with Crippen LogP contribution in [0.1, 0.15) is 12.8 Å². The minimum absolute atomic E-state index is 1.16. The maximum Gasteiger partial charge on any atom is 0.0653 e. The van der Waals surface area contributed by atoms with Gasteiger partial charge in [-0.05, 0) is 36.9 Å². The lowest BCUT2D eigenvalue weighted by Gasteiger charge is -2.26. The Morgan fingerprint density at radius 1 is 1.42 bits per heavy atom. The second kappa shape index (κ2) is 3.81. The van der Waals surface area contributed by atoms with Crippen molar-refractivity contribution >= 4 is 17.6 Å². The zero-order valence-electron chi connectivity index (χ0n) is 6.94. The highest BCUT2D eigenvalue weighted by molar-refractivity contribution is 8.00. The molecule has 0 bridgehead atoms. The standard InChI is InChI=1S/C9H12N2S/c1-2-7-12-11(6-1)9-4-3-5-10-8-9/h3-5,8H,1-2,6-7H2. The van der Waals surface area contributed by atoms with Gasteiger partial charge in [0.2, 0.25) is 0 Å². The number of nitrogens with zero attached hydrogens (tertiary/aromatic N) is 2. The summed E-state index contributed by atoms with van der Waals surface area (Å²) >= 11 is 1.91. The molecule has 2 heterocycles. The third kappa shape index (κ3) is 1.72. The van der Waals surface area contributed by atoms with Crippen molar-refractivity contribution in [2.24, 2.45) is 0 Å². The molecular weight excluding hydrogens is 168 g/mol. The highest BCUT2D eigenvalue weighted by Crippen LogP contribution is 2.26. The molecule has 1 aromatic heterocycles. The summed E-state index contributed by atoms with van der Waals surface area (Å²) < 4.78 is 2.33. The van der Waals surface area contributed by atoms with Crippen molar-refractivity contribution in [3.63, 3.8) is 0 Å². The summed E-state index contributed by atoms with van der Waals surface area (Å²) in [5.74, 6) is 1.24. The van der Waals surface area contributed by atoms with Crippen molar-refractivity contribution in [3.8, 4) is 0 Å². The lowest BCUT2D eigenvalue weighted by atomic mass is 10.3. The molecule has 0 aromatic carbocycles. The van der Waals surface area contributed by atoms with Gasteiger partial charge in [0.25, 0.3) is 0 Å². The van der Waals surface area contributed by atoms with Gasteiger partial charge >= 0.3 is 0 Å². The van der Waals surface area contributed by atoms with E-state index in [-0.39, 0.29) is 0 Å². The number of hydrogen-bond acceptors (Lipinski definition) is 3. The lowest BCUT2D eigenvalue weighted by Crippen LogP contribution is -2.20. The molecule has 1 saturated heterocycles. The molecule has 0 atom stereocenters. The second-order valence-corrected chi connectivity index (χ2v) is 3.96. The Balaban J connectivity index is 2.08. The van der Waals surface area contributed by atoms with E-state index < -0.39 is 0 Å². The van der Waals surface area contributed by atoms with E-state index >= 15 is 0 Å². The molecule has 0 N–H and O–H groups in total. The van der Waals surface area contributed by atoms with E-state index in [4.69, 9.17) is 0 Å². The van der Waals surface area contributed by atoms with Crippen molar-refractivity contribution in [3.05, 3.63) is 24.5 Å². The van der Waals surface area contributed by atoms with E-state index in [1.54, 1.807) is 0 Å². The van der Waals surface area contributed by atoms with Crippen LogP contribution in [0.15, 0.2) is 24.5 Å². The first kappa shape index (κ1) is 7.92. The summed E-state index contributed by atoms with van der Waals surface area (Å²) in [4.78, 5) is 4.10. The lowest BCUT2D eigenvalue weighted by molar-refractivity contribution is 0.791. The van der Waals surface area contributed by atoms with Crippen molar-refractivity contribution in [1.82, 2.24) is 4.98 Å². The zero-order chi connectivity index (χ0) is 8.23. The average molecular weight is 180 g/mol. The molecule has 1 aliphatic rings. The monoisotopic (exact) mass is 180 g/mol. The van der Waals surface area contributed by atoms with Gasteiger partial charge in [0.15, 0.2) is 0 Å². The van der Waals surface area contributed by atoms with Crippen molar-refractivity contribution in [2.45, 2.75) is 12.8 Å². The van der Waals surface area contributed by atoms with Crippen LogP contribution in [0, 0.1) is 0 Å². The minimum Gasteiger partial charge on any atom is -0.315 e. The maximum atomic E-state index is 4.10. The van der Waals surface area contributed by atoms with E-state index in [0.29, 0.717) is 0 Å². The fourth-order valence-electron chi connectivity index (χ4n) is 1.30. The molecule has 0 saturated carbocycles. The Bertz CT molecular complexity index is 232. The van der Waals surface area contributed by atoms with Gasteiger partial charge in [-0.2, -0.15) is 0 Å². The first-order chi connectivity index (χ1) is 5.97. The van der Waals surface area contributed by atoms with E-state index in [0.717, 1.165) is 6.54 Å². The molecule has 12 heavy (non-hydrogen) atoms. The van der Waals surface area contributed by atoms with Crippen LogP contribution in [0.25, 0.3) is 0 Å². The van der Waals surface area contributed by atoms with Crippen LogP contribution in [-0.2, 0) is 0 Å². The third-order valence-electron chi connectivity index (χ3n) is 1.94. The average Bonchev–Trinajstić information content (AvgIpc) is 2.21. The van der Waals surface area contributed by atoms with Crippen LogP contribution in [0.2, 0.25) is 0 Å². The Morgan fingerprint density at radius 2 is 2.42 bits per heavy atom. The predicted molar refractivity (Wildman–Crippen MR) is 53.3 cm³/mol. The van der Waals surface area contributed by atoms with Gasteiger partial charge in [-0.1, -0.05) is 0 Å². The van der Waals surface area contributed by atoms with Gasteiger partial charge in [0.1, 0.15) is 0 Å². The largest absolute Gasteiger partial charge is 0.315 e. The number of hydrogen-bond donors (Lipinski definition) is 0. The number of pyridine rings is 1. The summed E-state index contributed by atoms with van der Waals surface area (Å²) in [6.45, 7) is 1.16. The highest BCUT2D eigenvalue weighted by Gasteiger charge is 2.10. The summed E-state index contributed by atoms with van der Waals surface area (Å²) in [7, 11) is 0. The first-order valence-corrected chi connectivity index (χ1v) is 5.21. The fraction of sp³-hybridized carbons (Fsp3) is 0.444. The molecule has 0 aliphatic carbocycles. The smallest absolute Gasteiger partial charge is 0.0653 e. The molecule has 3 heteroatoms. The number of aromatic nitrogens is 1. The summed E-state index contributed by atoms with van der Waals surface area (Å²) in [5, 5.41) is 0. The molecule has 1 aromatic rings. The third-order valence-corrected chi connectivity index (χ3v) is 3.11. The Labute approximate surface area is 77.1 Å². The topological polar surface area (TPSA) is 16.1 Å². The molecule has 64 valence electrons. The Hall–Kier alpha value is -0.700. The molecule has 0 radical (unpaired) electrons. The van der Waals surface area contributed by atoms with Gasteiger partial charge in [-0.15, -0.1) is 0 Å². The molecule has 1 aliphatic heterocycles. The SMILES string of the molecule is c1cncc(N2CCCCS2)c1. The van der Waals surface area contributed by atoms with Gasteiger partial charge in [-0.3, -0.25) is 4.98 Å². The van der Waals surface area contributed by atoms with Crippen LogP contribution >= 0.6 is 11.9 Å². The van der Waals surface area contributed by atoms with Crippen molar-refractivity contribution in [2.75, 3.05) is 16.6 Å². The molecule has 1 fully saturated rings. The maximum absolute atomic E-state index is 4.10. The molecule has 2 rings (SSSR count). The minimum atomic E-state index is 1.16. The summed E-state index contributed by atoms with van der Waals surface area (Å²) in [6.07, 6.45) is 6.40. The van der Waals surface area contributed by atoms with Gasteiger partial charge in [0.05, 0.1) is 11.9 Å². The predicted octanol–water partition coefficient (Wildman–Crippen LogP) is 2.33. The number of anilines is 1. The van der Waals surface area contributed by atoms with Crippen LogP contribution < -0.4 is 4.31 Å². The van der Waals surface area contributed by atoms with Crippen molar-refractivity contribution in [1.29, 1.82) is 0 Å². The molecule has 0 unspecified atom stereocenters. The molecule has 2 nitrogen and oxygen atoms in total. The highest BCUT2D eigenvalue weighted by atomic mass is 32.2. The van der Waals surface area contributed by atoms with E-state index in [1.165, 1.54) is 24.3 Å². The number of rotatable bonds is 1. The second-order valence-electron chi connectivity index (χ2n) is 2.85. The Kier molecular flexibility index (Phi) is 2.51. The zero-order valence-corrected chi connectivity index (χ0v) is 7.76. The van der Waals surface area contributed by atoms with Crippen LogP contribution in [0.4, 0.5) is 5.69 Å². The van der Waals surface area contributed by atoms with E-state index in [1.807, 2.05) is 30.4 Å². The Morgan fingerprint density at radius 3 is 3.08 bits per heavy atom. The van der Waals surface area contributed by atoms with Crippen LogP contribution in [-0.4, -0.2) is 17.3 Å². The normalized spacial score (nSPS) is 17.8. The molecule has 0 spiro atoms. The van der Waals surface area contributed by atoms with Crippen LogP contribution in [0.3, 0.4) is 0 Å². The van der Waals surface area contributed by atoms with E-state index in [2.05, 4.69) is 15.4 Å². The van der Waals surface area contributed by atoms with Gasteiger partial charge in [-0.25, -0.2) is 0 Å². The molecular formula is C9H12N2S. The van der Waals surface area contributed by atoms with E-state index in [9.17, 15) is 0 Å². The van der Waals surface area contributed by atoms with Gasteiger partial charge in [0, 0.05) is 18.5 Å².